The van der Waals surface area contributed by atoms with Crippen LogP contribution in [-0.4, -0.2) is 81.5 Å². The topological polar surface area (TPSA) is 54.0 Å². The Bertz CT molecular complexity index is 402. The highest BCUT2D eigenvalue weighted by Gasteiger charge is 2.37. The number of hydrogen-bond acceptors (Lipinski definition) is 4. The third kappa shape index (κ3) is 4.41. The normalized spacial score (nSPS) is 27.5. The van der Waals surface area contributed by atoms with Crippen LogP contribution in [-0.2, 0) is 9.47 Å². The Hall–Kier alpha value is -0.850. The van der Waals surface area contributed by atoms with Crippen LogP contribution in [0.15, 0.2) is 0 Å². The average Bonchev–Trinajstić information content (AvgIpc) is 3.06. The quantitative estimate of drug-likeness (QED) is 0.828. The van der Waals surface area contributed by atoms with Crippen LogP contribution >= 0.6 is 0 Å². The molecular formula is C18H33N3O3. The summed E-state index contributed by atoms with van der Waals surface area (Å²) in [5.74, 6) is 0. The van der Waals surface area contributed by atoms with Crippen molar-refractivity contribution in [2.24, 2.45) is 5.41 Å². The Labute approximate surface area is 145 Å². The molecule has 6 nitrogen and oxygen atoms in total. The number of piperidine rings is 1. The molecule has 3 aliphatic rings. The van der Waals surface area contributed by atoms with E-state index in [1.165, 1.54) is 25.7 Å². The predicted molar refractivity (Wildman–Crippen MR) is 93.2 cm³/mol. The summed E-state index contributed by atoms with van der Waals surface area (Å²) in [6.45, 7) is 7.19. The third-order valence-corrected chi connectivity index (χ3v) is 6.24. The monoisotopic (exact) mass is 339 g/mol. The van der Waals surface area contributed by atoms with Gasteiger partial charge in [-0.15, -0.1) is 0 Å². The standard InChI is InChI=1S/C18H33N3O3/c1-23-14-11-20-8-2-3-16(20)15-19-17(22)21-9-4-18(5-10-21)6-12-24-13-7-18/h16H,2-15H2,1H3,(H,19,22)/t16-/m0/s1. The number of nitrogens with zero attached hydrogens (tertiary/aromatic N) is 2. The molecule has 3 fully saturated rings. The van der Waals surface area contributed by atoms with Gasteiger partial charge in [-0.3, -0.25) is 4.90 Å². The Morgan fingerprint density at radius 3 is 2.67 bits per heavy atom. The van der Waals surface area contributed by atoms with E-state index in [9.17, 15) is 4.79 Å². The molecule has 0 aromatic carbocycles. The zero-order chi connectivity index (χ0) is 16.8. The van der Waals surface area contributed by atoms with Gasteiger partial charge >= 0.3 is 6.03 Å². The molecule has 1 N–H and O–H groups in total. The lowest BCUT2D eigenvalue weighted by molar-refractivity contribution is -0.0145. The van der Waals surface area contributed by atoms with Gasteiger partial charge in [0.1, 0.15) is 0 Å². The minimum atomic E-state index is 0.121. The Balaban J connectivity index is 1.39. The maximum Gasteiger partial charge on any atom is 0.317 e. The second kappa shape index (κ2) is 8.50. The Morgan fingerprint density at radius 1 is 1.21 bits per heavy atom. The molecule has 3 rings (SSSR count). The van der Waals surface area contributed by atoms with Crippen molar-refractivity contribution in [1.82, 2.24) is 15.1 Å². The van der Waals surface area contributed by atoms with Crippen LogP contribution in [0.25, 0.3) is 0 Å². The van der Waals surface area contributed by atoms with Gasteiger partial charge < -0.3 is 19.7 Å². The summed E-state index contributed by atoms with van der Waals surface area (Å²) in [5.41, 5.74) is 0.442. The molecule has 3 aliphatic heterocycles. The van der Waals surface area contributed by atoms with Crippen LogP contribution in [0.1, 0.15) is 38.5 Å². The second-order valence-electron chi connectivity index (χ2n) is 7.61. The predicted octanol–water partition coefficient (Wildman–Crippen LogP) is 1.70. The number of urea groups is 1. The van der Waals surface area contributed by atoms with Crippen LogP contribution in [0.2, 0.25) is 0 Å². The minimum absolute atomic E-state index is 0.121. The van der Waals surface area contributed by atoms with E-state index in [4.69, 9.17) is 9.47 Å². The zero-order valence-electron chi connectivity index (χ0n) is 15.1. The molecule has 3 heterocycles. The van der Waals surface area contributed by atoms with Crippen molar-refractivity contribution in [3.8, 4) is 0 Å². The molecule has 0 radical (unpaired) electrons. The molecule has 6 heteroatoms. The number of likely N-dealkylation sites (tertiary alicyclic amines) is 2. The molecule has 2 amide bonds. The summed E-state index contributed by atoms with van der Waals surface area (Å²) in [7, 11) is 1.74. The SMILES string of the molecule is COCCN1CCC[C@H]1CNC(=O)N1CCC2(CCOCC2)CC1. The van der Waals surface area contributed by atoms with E-state index >= 15 is 0 Å². The van der Waals surface area contributed by atoms with Gasteiger partial charge in [0, 0.05) is 52.5 Å². The molecule has 1 atom stereocenters. The lowest BCUT2D eigenvalue weighted by atomic mass is 9.72. The fraction of sp³-hybridized carbons (Fsp3) is 0.944. The van der Waals surface area contributed by atoms with Gasteiger partial charge in [0.05, 0.1) is 6.61 Å². The van der Waals surface area contributed by atoms with E-state index in [-0.39, 0.29) is 6.03 Å². The zero-order valence-corrected chi connectivity index (χ0v) is 15.1. The largest absolute Gasteiger partial charge is 0.383 e. The van der Waals surface area contributed by atoms with Crippen molar-refractivity contribution in [3.05, 3.63) is 0 Å². The summed E-state index contributed by atoms with van der Waals surface area (Å²) in [5, 5.41) is 3.17. The van der Waals surface area contributed by atoms with Crippen LogP contribution in [0.5, 0.6) is 0 Å². The fourth-order valence-electron chi connectivity index (χ4n) is 4.43. The van der Waals surface area contributed by atoms with Crippen LogP contribution in [0.3, 0.4) is 0 Å². The molecule has 0 aromatic heterocycles. The van der Waals surface area contributed by atoms with Crippen molar-refractivity contribution in [2.75, 3.05) is 59.7 Å². The molecular weight excluding hydrogens is 306 g/mol. The summed E-state index contributed by atoms with van der Waals surface area (Å²) < 4.78 is 10.7. The first-order valence-electron chi connectivity index (χ1n) is 9.56. The number of hydrogen-bond donors (Lipinski definition) is 1. The van der Waals surface area contributed by atoms with Gasteiger partial charge in [0.2, 0.25) is 0 Å². The molecule has 0 saturated carbocycles. The molecule has 0 unspecified atom stereocenters. The first-order valence-corrected chi connectivity index (χ1v) is 9.56. The highest BCUT2D eigenvalue weighted by Crippen LogP contribution is 2.40. The fourth-order valence-corrected chi connectivity index (χ4v) is 4.43. The lowest BCUT2D eigenvalue weighted by Crippen LogP contribution is -2.50. The van der Waals surface area contributed by atoms with E-state index in [0.717, 1.165) is 65.4 Å². The van der Waals surface area contributed by atoms with Gasteiger partial charge in [-0.2, -0.15) is 0 Å². The smallest absolute Gasteiger partial charge is 0.317 e. The van der Waals surface area contributed by atoms with Gasteiger partial charge in [-0.1, -0.05) is 0 Å². The third-order valence-electron chi connectivity index (χ3n) is 6.24. The first kappa shape index (κ1) is 18.0. The van der Waals surface area contributed by atoms with Crippen molar-refractivity contribution >= 4 is 6.03 Å². The highest BCUT2D eigenvalue weighted by molar-refractivity contribution is 5.74. The summed E-state index contributed by atoms with van der Waals surface area (Å²) in [6.07, 6.45) is 6.99. The van der Waals surface area contributed by atoms with Gasteiger partial charge in [0.25, 0.3) is 0 Å². The van der Waals surface area contributed by atoms with Gasteiger partial charge in [-0.05, 0) is 50.5 Å². The number of carbonyl (C=O) groups is 1. The number of amides is 2. The average molecular weight is 339 g/mol. The van der Waals surface area contributed by atoms with E-state index in [0.29, 0.717) is 11.5 Å². The second-order valence-corrected chi connectivity index (χ2v) is 7.61. The van der Waals surface area contributed by atoms with Crippen LogP contribution in [0, 0.1) is 5.41 Å². The molecule has 0 aliphatic carbocycles. The number of ether oxygens (including phenoxy) is 2. The van der Waals surface area contributed by atoms with E-state index < -0.39 is 0 Å². The van der Waals surface area contributed by atoms with Gasteiger partial charge in [-0.25, -0.2) is 4.79 Å². The van der Waals surface area contributed by atoms with Crippen molar-refractivity contribution < 1.29 is 14.3 Å². The maximum absolute atomic E-state index is 12.5. The van der Waals surface area contributed by atoms with Crippen molar-refractivity contribution in [1.29, 1.82) is 0 Å². The molecule has 24 heavy (non-hydrogen) atoms. The highest BCUT2D eigenvalue weighted by atomic mass is 16.5. The molecule has 0 bridgehead atoms. The minimum Gasteiger partial charge on any atom is -0.383 e. The van der Waals surface area contributed by atoms with Crippen molar-refractivity contribution in [3.63, 3.8) is 0 Å². The molecule has 3 saturated heterocycles. The van der Waals surface area contributed by atoms with E-state index in [2.05, 4.69) is 10.2 Å². The summed E-state index contributed by atoms with van der Waals surface area (Å²) in [4.78, 5) is 16.9. The summed E-state index contributed by atoms with van der Waals surface area (Å²) >= 11 is 0. The number of carbonyl (C=O) groups excluding carboxylic acids is 1. The molecule has 138 valence electrons. The maximum atomic E-state index is 12.5. The van der Waals surface area contributed by atoms with Crippen LogP contribution in [0.4, 0.5) is 4.79 Å². The summed E-state index contributed by atoms with van der Waals surface area (Å²) in [6, 6.07) is 0.589. The van der Waals surface area contributed by atoms with Crippen LogP contribution < -0.4 is 5.32 Å². The Morgan fingerprint density at radius 2 is 1.96 bits per heavy atom. The van der Waals surface area contributed by atoms with Gasteiger partial charge in [0.15, 0.2) is 0 Å². The molecule has 0 aromatic rings. The van der Waals surface area contributed by atoms with E-state index in [1.54, 1.807) is 7.11 Å². The van der Waals surface area contributed by atoms with E-state index in [1.807, 2.05) is 4.90 Å². The number of nitrogens with one attached hydrogen (secondary N) is 1. The first-order chi connectivity index (χ1) is 11.7. The molecule has 1 spiro atoms. The lowest BCUT2D eigenvalue weighted by Gasteiger charge is -2.44. The van der Waals surface area contributed by atoms with Crippen molar-refractivity contribution in [2.45, 2.75) is 44.6 Å². The Kier molecular flexibility index (Phi) is 6.36. The number of rotatable bonds is 5. The number of methoxy groups -OCH3 is 1.